The summed E-state index contributed by atoms with van der Waals surface area (Å²) >= 11 is 0. The van der Waals surface area contributed by atoms with Gasteiger partial charge in [-0.25, -0.2) is 0 Å². The number of carbonyl (C=O) groups excluding carboxylic acids is 1. The summed E-state index contributed by atoms with van der Waals surface area (Å²) in [4.78, 5) is 11.2. The number of hydrogen-bond acceptors (Lipinski definition) is 2. The first kappa shape index (κ1) is 13.5. The van der Waals surface area contributed by atoms with Crippen molar-refractivity contribution in [1.82, 2.24) is 5.32 Å². The van der Waals surface area contributed by atoms with E-state index in [4.69, 9.17) is 0 Å². The van der Waals surface area contributed by atoms with Gasteiger partial charge in [-0.1, -0.05) is 60.7 Å². The first-order chi connectivity index (χ1) is 9.33. The van der Waals surface area contributed by atoms with Gasteiger partial charge in [0.15, 0.2) is 0 Å². The summed E-state index contributed by atoms with van der Waals surface area (Å²) in [5, 5.41) is 3.23. The normalized spacial score (nSPS) is 11.2. The van der Waals surface area contributed by atoms with Gasteiger partial charge in [0.1, 0.15) is 6.29 Å². The Morgan fingerprint density at radius 3 is 1.79 bits per heavy atom. The maximum atomic E-state index is 11.2. The molecule has 2 aromatic carbocycles. The molecule has 0 unspecified atom stereocenters. The highest BCUT2D eigenvalue weighted by molar-refractivity contribution is 5.57. The lowest BCUT2D eigenvalue weighted by molar-refractivity contribution is -0.108. The van der Waals surface area contributed by atoms with Gasteiger partial charge in [0, 0.05) is 18.4 Å². The van der Waals surface area contributed by atoms with Crippen LogP contribution in [0.5, 0.6) is 0 Å². The van der Waals surface area contributed by atoms with E-state index in [1.54, 1.807) is 0 Å². The van der Waals surface area contributed by atoms with Crippen LogP contribution >= 0.6 is 0 Å². The second-order valence-corrected chi connectivity index (χ2v) is 4.72. The largest absolute Gasteiger partial charge is 0.319 e. The molecule has 2 aromatic rings. The fraction of sp³-hybridized carbons (Fsp3) is 0.235. The quantitative estimate of drug-likeness (QED) is 0.802. The van der Waals surface area contributed by atoms with E-state index in [1.165, 1.54) is 11.1 Å². The van der Waals surface area contributed by atoms with Gasteiger partial charge in [-0.05, 0) is 18.2 Å². The molecule has 0 aromatic heterocycles. The van der Waals surface area contributed by atoms with Gasteiger partial charge in [-0.2, -0.15) is 0 Å². The average Bonchev–Trinajstić information content (AvgIpc) is 2.49. The Morgan fingerprint density at radius 2 is 1.42 bits per heavy atom. The number of rotatable bonds is 6. The van der Waals surface area contributed by atoms with E-state index in [9.17, 15) is 4.79 Å². The van der Waals surface area contributed by atoms with E-state index in [2.05, 4.69) is 29.6 Å². The Hall–Kier alpha value is -1.93. The van der Waals surface area contributed by atoms with Gasteiger partial charge >= 0.3 is 0 Å². The van der Waals surface area contributed by atoms with Gasteiger partial charge in [-0.3, -0.25) is 0 Å². The SMILES string of the molecule is CNCC(CC=O)(c1ccccc1)c1ccccc1. The third-order valence-corrected chi connectivity index (χ3v) is 3.56. The Bertz CT molecular complexity index is 468. The van der Waals surface area contributed by atoms with E-state index >= 15 is 0 Å². The van der Waals surface area contributed by atoms with Crippen LogP contribution in [0.4, 0.5) is 0 Å². The molecule has 0 aliphatic carbocycles. The van der Waals surface area contributed by atoms with Gasteiger partial charge in [0.25, 0.3) is 0 Å². The zero-order valence-electron chi connectivity index (χ0n) is 11.2. The molecule has 0 aliphatic rings. The Kier molecular flexibility index (Phi) is 4.48. The Balaban J connectivity index is 2.57. The molecule has 0 spiro atoms. The van der Waals surface area contributed by atoms with Crippen molar-refractivity contribution < 1.29 is 4.79 Å². The fourth-order valence-electron chi connectivity index (χ4n) is 2.64. The molecule has 0 aliphatic heterocycles. The third kappa shape index (κ3) is 2.74. The summed E-state index contributed by atoms with van der Waals surface area (Å²) in [5.74, 6) is 0. The zero-order chi connectivity index (χ0) is 13.6. The van der Waals surface area contributed by atoms with Crippen molar-refractivity contribution in [3.8, 4) is 0 Å². The van der Waals surface area contributed by atoms with Crippen LogP contribution < -0.4 is 5.32 Å². The van der Waals surface area contributed by atoms with Gasteiger partial charge in [0.2, 0.25) is 0 Å². The van der Waals surface area contributed by atoms with E-state index in [1.807, 2.05) is 43.4 Å². The predicted octanol–water partition coefficient (Wildman–Crippen LogP) is 2.78. The van der Waals surface area contributed by atoms with Crippen LogP contribution in [0.1, 0.15) is 17.5 Å². The summed E-state index contributed by atoms with van der Waals surface area (Å²) in [7, 11) is 1.92. The molecule has 1 N–H and O–H groups in total. The number of aldehydes is 1. The number of benzene rings is 2. The van der Waals surface area contributed by atoms with Crippen molar-refractivity contribution in [3.05, 3.63) is 71.8 Å². The molecule has 98 valence electrons. The zero-order valence-corrected chi connectivity index (χ0v) is 11.2. The molecule has 0 heterocycles. The number of likely N-dealkylation sites (N-methyl/N-ethyl adjacent to an activating group) is 1. The van der Waals surface area contributed by atoms with Crippen molar-refractivity contribution in [2.75, 3.05) is 13.6 Å². The monoisotopic (exact) mass is 253 g/mol. The lowest BCUT2D eigenvalue weighted by Crippen LogP contribution is -2.38. The highest BCUT2D eigenvalue weighted by atomic mass is 16.1. The maximum Gasteiger partial charge on any atom is 0.121 e. The highest BCUT2D eigenvalue weighted by Gasteiger charge is 2.33. The Morgan fingerprint density at radius 1 is 0.947 bits per heavy atom. The van der Waals surface area contributed by atoms with Crippen LogP contribution in [-0.4, -0.2) is 19.9 Å². The first-order valence-electron chi connectivity index (χ1n) is 6.53. The highest BCUT2D eigenvalue weighted by Crippen LogP contribution is 2.34. The number of nitrogens with one attached hydrogen (secondary N) is 1. The lowest BCUT2D eigenvalue weighted by atomic mass is 9.72. The first-order valence-corrected chi connectivity index (χ1v) is 6.53. The lowest BCUT2D eigenvalue weighted by Gasteiger charge is -2.33. The molecule has 19 heavy (non-hydrogen) atoms. The van der Waals surface area contributed by atoms with Crippen LogP contribution in [-0.2, 0) is 10.2 Å². The van der Waals surface area contributed by atoms with Gasteiger partial charge in [0.05, 0.1) is 0 Å². The summed E-state index contributed by atoms with van der Waals surface area (Å²) in [6.07, 6.45) is 1.49. The third-order valence-electron chi connectivity index (χ3n) is 3.56. The minimum absolute atomic E-state index is 0.293. The summed E-state index contributed by atoms with van der Waals surface area (Å²) in [6, 6.07) is 20.4. The van der Waals surface area contributed by atoms with Crippen LogP contribution in [0.25, 0.3) is 0 Å². The van der Waals surface area contributed by atoms with Crippen LogP contribution in [0.15, 0.2) is 60.7 Å². The molecule has 0 saturated heterocycles. The molecule has 0 fully saturated rings. The van der Waals surface area contributed by atoms with Crippen LogP contribution in [0.3, 0.4) is 0 Å². The van der Waals surface area contributed by atoms with E-state index < -0.39 is 0 Å². The second kappa shape index (κ2) is 6.30. The standard InChI is InChI=1S/C17H19NO/c1-18-14-17(12-13-19,15-8-4-2-5-9-15)16-10-6-3-7-11-16/h2-11,13,18H,12,14H2,1H3. The molecule has 2 nitrogen and oxygen atoms in total. The van der Waals surface area contributed by atoms with Crippen molar-refractivity contribution in [2.24, 2.45) is 0 Å². The number of hydrogen-bond donors (Lipinski definition) is 1. The smallest absolute Gasteiger partial charge is 0.121 e. The Labute approximate surface area is 114 Å². The van der Waals surface area contributed by atoms with Crippen molar-refractivity contribution >= 4 is 6.29 Å². The molecular weight excluding hydrogens is 234 g/mol. The summed E-state index contributed by atoms with van der Waals surface area (Å²) in [6.45, 7) is 0.736. The molecule has 0 bridgehead atoms. The van der Waals surface area contributed by atoms with Gasteiger partial charge in [-0.15, -0.1) is 0 Å². The minimum atomic E-state index is -0.293. The van der Waals surface area contributed by atoms with Crippen LogP contribution in [0, 0.1) is 0 Å². The van der Waals surface area contributed by atoms with E-state index in [0.29, 0.717) is 6.42 Å². The van der Waals surface area contributed by atoms with E-state index in [-0.39, 0.29) is 5.41 Å². The molecule has 0 amide bonds. The maximum absolute atomic E-state index is 11.2. The molecular formula is C17H19NO. The minimum Gasteiger partial charge on any atom is -0.319 e. The summed E-state index contributed by atoms with van der Waals surface area (Å²) in [5.41, 5.74) is 2.05. The number of carbonyl (C=O) groups is 1. The fourth-order valence-corrected chi connectivity index (χ4v) is 2.64. The second-order valence-electron chi connectivity index (χ2n) is 4.72. The van der Waals surface area contributed by atoms with Crippen molar-refractivity contribution in [1.29, 1.82) is 0 Å². The van der Waals surface area contributed by atoms with Crippen molar-refractivity contribution in [3.63, 3.8) is 0 Å². The van der Waals surface area contributed by atoms with Crippen LogP contribution in [0.2, 0.25) is 0 Å². The van der Waals surface area contributed by atoms with Gasteiger partial charge < -0.3 is 10.1 Å². The average molecular weight is 253 g/mol. The molecule has 0 radical (unpaired) electrons. The van der Waals surface area contributed by atoms with Crippen molar-refractivity contribution in [2.45, 2.75) is 11.8 Å². The molecule has 2 rings (SSSR count). The molecule has 2 heteroatoms. The molecule has 0 saturated carbocycles. The van der Waals surface area contributed by atoms with E-state index in [0.717, 1.165) is 12.8 Å². The predicted molar refractivity (Wildman–Crippen MR) is 78.3 cm³/mol. The molecule has 0 atom stereocenters. The topological polar surface area (TPSA) is 29.1 Å². The summed E-state index contributed by atoms with van der Waals surface area (Å²) < 4.78 is 0.